The van der Waals surface area contributed by atoms with Gasteiger partial charge in [-0.2, -0.15) is 0 Å². The quantitative estimate of drug-likeness (QED) is 0.279. The third-order valence-electron chi connectivity index (χ3n) is 8.77. The molecule has 14 heteroatoms. The van der Waals surface area contributed by atoms with Gasteiger partial charge in [-0.1, -0.05) is 11.6 Å². The minimum absolute atomic E-state index is 0.0645. The van der Waals surface area contributed by atoms with Crippen LogP contribution in [0.3, 0.4) is 0 Å². The number of urea groups is 1. The fourth-order valence-electron chi connectivity index (χ4n) is 6.25. The van der Waals surface area contributed by atoms with Crippen LogP contribution in [0.25, 0.3) is 10.9 Å². The molecule has 0 bridgehead atoms. The number of hydrogen-bond acceptors (Lipinski definition) is 8. The van der Waals surface area contributed by atoms with E-state index in [1.54, 1.807) is 43.3 Å². The predicted molar refractivity (Wildman–Crippen MR) is 182 cm³/mol. The third-order valence-corrected chi connectivity index (χ3v) is 9.00. The number of amides is 3. The summed E-state index contributed by atoms with van der Waals surface area (Å²) < 4.78 is 26.3. The van der Waals surface area contributed by atoms with Crippen LogP contribution in [0.4, 0.5) is 20.6 Å². The Labute approximate surface area is 282 Å². The van der Waals surface area contributed by atoms with Crippen molar-refractivity contribution in [1.82, 2.24) is 19.9 Å². The highest BCUT2D eigenvalue weighted by Gasteiger charge is 2.34. The highest BCUT2D eigenvalue weighted by Crippen LogP contribution is 2.37. The van der Waals surface area contributed by atoms with E-state index in [0.29, 0.717) is 65.0 Å². The molecule has 2 aliphatic heterocycles. The topological polar surface area (TPSA) is 121 Å². The Kier molecular flexibility index (Phi) is 9.69. The zero-order valence-electron chi connectivity index (χ0n) is 26.9. The maximum Gasteiger partial charge on any atom is 0.327 e. The molecule has 3 aromatic carbocycles. The van der Waals surface area contributed by atoms with Crippen molar-refractivity contribution >= 4 is 45.8 Å². The van der Waals surface area contributed by atoms with Crippen molar-refractivity contribution in [2.24, 2.45) is 0 Å². The number of ether oxygens (including phenoxy) is 2. The summed E-state index contributed by atoms with van der Waals surface area (Å²) in [7, 11) is 3.00. The average Bonchev–Trinajstić information content (AvgIpc) is 3.64. The monoisotopic (exact) mass is 677 g/mol. The van der Waals surface area contributed by atoms with Crippen molar-refractivity contribution in [2.75, 3.05) is 62.2 Å². The second-order valence-corrected chi connectivity index (χ2v) is 12.1. The largest absolute Gasteiger partial charge is 0.497 e. The second-order valence-electron chi connectivity index (χ2n) is 11.7. The molecule has 0 saturated carbocycles. The van der Waals surface area contributed by atoms with E-state index in [0.717, 1.165) is 19.4 Å². The van der Waals surface area contributed by atoms with Crippen LogP contribution in [-0.2, 0) is 4.79 Å². The van der Waals surface area contributed by atoms with Gasteiger partial charge >= 0.3 is 6.03 Å². The Morgan fingerprint density at radius 1 is 1.04 bits per heavy atom. The van der Waals surface area contributed by atoms with Crippen LogP contribution < -0.4 is 35.6 Å². The molecule has 2 unspecified atom stereocenters. The molecule has 1 aromatic heterocycles. The van der Waals surface area contributed by atoms with Crippen molar-refractivity contribution in [2.45, 2.75) is 31.8 Å². The number of carbonyl (C=O) groups excluding carboxylic acids is 2. The maximum absolute atomic E-state index is 14.3. The molecule has 0 spiro atoms. The van der Waals surface area contributed by atoms with Crippen molar-refractivity contribution in [3.63, 3.8) is 0 Å². The minimum atomic E-state index is -0.869. The number of carbonyl (C=O) groups is 2. The van der Waals surface area contributed by atoms with Gasteiger partial charge in [-0.3, -0.25) is 14.5 Å². The van der Waals surface area contributed by atoms with Crippen LogP contribution in [0, 0.1) is 5.82 Å². The fraction of sp³-hybridized carbons (Fsp3) is 0.353. The SMILES string of the molecule is COc1ccc(N(C(=O)Nc2ccc(F)cc2)C(C)c2nc3cc(Cl)ccc3c(=O)n2N2CCN(C(=O)C3CCCN3)CC2)c(OC)c1. The van der Waals surface area contributed by atoms with Crippen molar-refractivity contribution < 1.29 is 23.5 Å². The number of fused-ring (bicyclic) bond motifs is 1. The molecular weight excluding hydrogens is 641 g/mol. The van der Waals surface area contributed by atoms with E-state index in [9.17, 15) is 18.8 Å². The van der Waals surface area contributed by atoms with E-state index < -0.39 is 17.9 Å². The van der Waals surface area contributed by atoms with E-state index in [-0.39, 0.29) is 23.3 Å². The number of aromatic nitrogens is 2. The summed E-state index contributed by atoms with van der Waals surface area (Å²) in [4.78, 5) is 49.8. The van der Waals surface area contributed by atoms with Crippen LogP contribution in [0.5, 0.6) is 11.5 Å². The lowest BCUT2D eigenvalue weighted by Gasteiger charge is -2.39. The first-order chi connectivity index (χ1) is 23.2. The number of rotatable bonds is 8. The van der Waals surface area contributed by atoms with E-state index in [1.807, 2.05) is 9.91 Å². The molecule has 0 radical (unpaired) electrons. The van der Waals surface area contributed by atoms with Gasteiger partial charge in [0.1, 0.15) is 17.3 Å². The highest BCUT2D eigenvalue weighted by atomic mass is 35.5. The number of piperazine rings is 1. The zero-order valence-corrected chi connectivity index (χ0v) is 27.7. The molecule has 2 N–H and O–H groups in total. The van der Waals surface area contributed by atoms with Crippen LogP contribution >= 0.6 is 11.6 Å². The van der Waals surface area contributed by atoms with Gasteiger partial charge in [0.2, 0.25) is 5.91 Å². The standard InChI is InChI=1S/C34H37ClFN7O5/c1-21(42(29-13-11-25(47-2)20-30(29)48-3)34(46)38-24-9-7-23(36)8-10-24)31-39-28-19-22(35)6-12-26(28)32(44)43(31)41-17-15-40(16-18-41)33(45)27-5-4-14-37-27/h6-13,19-21,27,37H,4-5,14-18H2,1-3H3,(H,38,46). The first kappa shape index (κ1) is 33.0. The number of halogens is 2. The lowest BCUT2D eigenvalue weighted by atomic mass is 10.1. The number of nitrogens with zero attached hydrogens (tertiary/aromatic N) is 5. The lowest BCUT2D eigenvalue weighted by Crippen LogP contribution is -2.58. The summed E-state index contributed by atoms with van der Waals surface area (Å²) in [6.45, 7) is 4.14. The molecule has 4 aromatic rings. The van der Waals surface area contributed by atoms with E-state index >= 15 is 0 Å². The van der Waals surface area contributed by atoms with Gasteiger partial charge in [0.05, 0.1) is 56.0 Å². The fourth-order valence-corrected chi connectivity index (χ4v) is 6.42. The van der Waals surface area contributed by atoms with Crippen LogP contribution in [0.15, 0.2) is 65.5 Å². The number of anilines is 2. The van der Waals surface area contributed by atoms with E-state index in [1.165, 1.54) is 48.1 Å². The molecular formula is C34H37ClFN7O5. The Morgan fingerprint density at radius 2 is 1.79 bits per heavy atom. The maximum atomic E-state index is 14.3. The summed E-state index contributed by atoms with van der Waals surface area (Å²) in [5, 5.41) is 8.73. The molecule has 6 rings (SSSR count). The minimum Gasteiger partial charge on any atom is -0.497 e. The summed E-state index contributed by atoms with van der Waals surface area (Å²) >= 11 is 6.34. The van der Waals surface area contributed by atoms with Gasteiger partial charge in [-0.05, 0) is 80.9 Å². The molecule has 48 heavy (non-hydrogen) atoms. The van der Waals surface area contributed by atoms with Gasteiger partial charge in [0.25, 0.3) is 5.56 Å². The van der Waals surface area contributed by atoms with E-state index in [4.69, 9.17) is 26.1 Å². The normalized spacial score (nSPS) is 16.9. The Hall–Kier alpha value is -4.88. The van der Waals surface area contributed by atoms with E-state index in [2.05, 4.69) is 10.6 Å². The smallest absolute Gasteiger partial charge is 0.327 e. The molecule has 2 atom stereocenters. The van der Waals surface area contributed by atoms with Crippen molar-refractivity contribution in [1.29, 1.82) is 0 Å². The summed E-state index contributed by atoms with van der Waals surface area (Å²) in [5.41, 5.74) is 0.764. The predicted octanol–water partition coefficient (Wildman–Crippen LogP) is 4.54. The van der Waals surface area contributed by atoms with Gasteiger partial charge in [-0.25, -0.2) is 18.8 Å². The Morgan fingerprint density at radius 3 is 2.46 bits per heavy atom. The van der Waals surface area contributed by atoms with Crippen molar-refractivity contribution in [3.05, 3.63) is 87.7 Å². The van der Waals surface area contributed by atoms with Crippen molar-refractivity contribution in [3.8, 4) is 11.5 Å². The van der Waals surface area contributed by atoms with Crippen LogP contribution in [0.1, 0.15) is 31.6 Å². The van der Waals surface area contributed by atoms with Gasteiger partial charge in [0.15, 0.2) is 5.82 Å². The number of benzene rings is 3. The molecule has 12 nitrogen and oxygen atoms in total. The highest BCUT2D eigenvalue weighted by molar-refractivity contribution is 6.31. The molecule has 3 amide bonds. The Bertz CT molecular complexity index is 1870. The zero-order chi connectivity index (χ0) is 33.9. The molecule has 252 valence electrons. The van der Waals surface area contributed by atoms with Gasteiger partial charge in [0, 0.05) is 29.9 Å². The van der Waals surface area contributed by atoms with Crippen LogP contribution in [0.2, 0.25) is 5.02 Å². The number of methoxy groups -OCH3 is 2. The average molecular weight is 678 g/mol. The molecule has 2 aliphatic rings. The summed E-state index contributed by atoms with van der Waals surface area (Å²) in [5.74, 6) is 0.728. The molecule has 2 fully saturated rings. The molecule has 3 heterocycles. The first-order valence-electron chi connectivity index (χ1n) is 15.8. The van der Waals surface area contributed by atoms with Gasteiger partial charge < -0.3 is 30.0 Å². The summed E-state index contributed by atoms with van der Waals surface area (Å²) in [6.07, 6.45) is 1.77. The third kappa shape index (κ3) is 6.60. The summed E-state index contributed by atoms with van der Waals surface area (Å²) in [6, 6.07) is 13.7. The number of nitrogens with one attached hydrogen (secondary N) is 2. The van der Waals surface area contributed by atoms with Gasteiger partial charge in [-0.15, -0.1) is 0 Å². The number of hydrogen-bond donors (Lipinski definition) is 2. The second kappa shape index (κ2) is 14.1. The van der Waals surface area contributed by atoms with Crippen LogP contribution in [-0.4, -0.2) is 79.5 Å². The molecule has 2 saturated heterocycles. The Balaban J connectivity index is 1.44. The molecule has 0 aliphatic carbocycles. The lowest BCUT2D eigenvalue weighted by molar-refractivity contribution is -0.133. The first-order valence-corrected chi connectivity index (χ1v) is 16.1.